The van der Waals surface area contributed by atoms with E-state index < -0.39 is 0 Å². The number of halogens is 1. The molecule has 0 atom stereocenters. The second-order valence-electron chi connectivity index (χ2n) is 2.93. The topological polar surface area (TPSA) is 42.0 Å². The van der Waals surface area contributed by atoms with Gasteiger partial charge in [-0.25, -0.2) is 4.98 Å². The molecule has 0 aliphatic carbocycles. The minimum absolute atomic E-state index is 0.0403. The van der Waals surface area contributed by atoms with Crippen LogP contribution in [0.2, 0.25) is 0 Å². The molecule has 1 N–H and O–H groups in total. The molecule has 1 heterocycles. The predicted octanol–water partition coefficient (Wildman–Crippen LogP) is 2.09. The summed E-state index contributed by atoms with van der Waals surface area (Å²) in [5, 5.41) is 3.74. The Hall–Kier alpha value is -0.610. The molecule has 0 aliphatic heterocycles. The fraction of sp³-hybridized carbons (Fsp3) is 0.556. The maximum atomic E-state index is 11.2. The normalized spacial score (nSPS) is 10.1. The number of amides is 1. The Labute approximate surface area is 92.5 Å². The number of hydrogen-bond acceptors (Lipinski definition) is 3. The van der Waals surface area contributed by atoms with Gasteiger partial charge < -0.3 is 5.32 Å². The summed E-state index contributed by atoms with van der Waals surface area (Å²) in [6.45, 7) is 2.52. The zero-order valence-electron chi connectivity index (χ0n) is 8.05. The summed E-state index contributed by atoms with van der Waals surface area (Å²) in [5.41, 5.74) is 0. The molecular formula is C9H13ClN2OS. The second kappa shape index (κ2) is 5.98. The Morgan fingerprint density at radius 3 is 3.07 bits per heavy atom. The van der Waals surface area contributed by atoms with E-state index in [1.165, 1.54) is 0 Å². The number of thiazole rings is 1. The van der Waals surface area contributed by atoms with Crippen LogP contribution in [0.25, 0.3) is 0 Å². The molecule has 5 heteroatoms. The van der Waals surface area contributed by atoms with Gasteiger partial charge in [0.2, 0.25) is 5.91 Å². The second-order valence-corrected chi connectivity index (χ2v) is 4.63. The van der Waals surface area contributed by atoms with E-state index in [0.717, 1.165) is 16.3 Å². The lowest BCUT2D eigenvalue weighted by atomic mass is 10.3. The maximum Gasteiger partial charge on any atom is 0.220 e. The van der Waals surface area contributed by atoms with Gasteiger partial charge in [-0.05, 0) is 13.3 Å². The third-order valence-electron chi connectivity index (χ3n) is 1.64. The first kappa shape index (κ1) is 11.5. The zero-order valence-corrected chi connectivity index (χ0v) is 9.62. The molecule has 0 aliphatic rings. The summed E-state index contributed by atoms with van der Waals surface area (Å²) >= 11 is 7.08. The molecule has 0 saturated carbocycles. The monoisotopic (exact) mass is 232 g/mol. The van der Waals surface area contributed by atoms with E-state index in [4.69, 9.17) is 11.6 Å². The molecule has 3 nitrogen and oxygen atoms in total. The van der Waals surface area contributed by atoms with Crippen molar-refractivity contribution >= 4 is 28.8 Å². The molecule has 1 amide bonds. The predicted molar refractivity (Wildman–Crippen MR) is 58.7 cm³/mol. The Morgan fingerprint density at radius 2 is 2.50 bits per heavy atom. The van der Waals surface area contributed by atoms with Crippen molar-refractivity contribution in [3.63, 3.8) is 0 Å². The van der Waals surface area contributed by atoms with E-state index >= 15 is 0 Å². The van der Waals surface area contributed by atoms with E-state index in [0.29, 0.717) is 18.8 Å². The SMILES string of the molecule is Cc1cnc(CNC(=O)CCCCl)s1. The van der Waals surface area contributed by atoms with Crippen molar-refractivity contribution in [3.8, 4) is 0 Å². The minimum Gasteiger partial charge on any atom is -0.350 e. The van der Waals surface area contributed by atoms with Crippen LogP contribution in [0.5, 0.6) is 0 Å². The Bertz CT molecular complexity index is 301. The zero-order chi connectivity index (χ0) is 10.4. The first-order valence-electron chi connectivity index (χ1n) is 4.46. The highest BCUT2D eigenvalue weighted by Gasteiger charge is 2.02. The number of rotatable bonds is 5. The lowest BCUT2D eigenvalue weighted by Crippen LogP contribution is -2.22. The van der Waals surface area contributed by atoms with Gasteiger partial charge in [0.1, 0.15) is 5.01 Å². The highest BCUT2D eigenvalue weighted by atomic mass is 35.5. The Kier molecular flexibility index (Phi) is 4.90. The average molecular weight is 233 g/mol. The van der Waals surface area contributed by atoms with Crippen molar-refractivity contribution in [3.05, 3.63) is 16.1 Å². The number of nitrogens with zero attached hydrogens (tertiary/aromatic N) is 1. The summed E-state index contributed by atoms with van der Waals surface area (Å²) in [4.78, 5) is 16.5. The summed E-state index contributed by atoms with van der Waals surface area (Å²) in [5.74, 6) is 0.572. The molecule has 0 spiro atoms. The first-order valence-corrected chi connectivity index (χ1v) is 5.81. The molecule has 0 unspecified atom stereocenters. The Morgan fingerprint density at radius 1 is 1.71 bits per heavy atom. The van der Waals surface area contributed by atoms with Gasteiger partial charge in [0.25, 0.3) is 0 Å². The van der Waals surface area contributed by atoms with Crippen molar-refractivity contribution in [1.29, 1.82) is 0 Å². The van der Waals surface area contributed by atoms with Gasteiger partial charge in [0.15, 0.2) is 0 Å². The number of carbonyl (C=O) groups excluding carboxylic acids is 1. The van der Waals surface area contributed by atoms with Crippen LogP contribution in [-0.4, -0.2) is 16.8 Å². The largest absolute Gasteiger partial charge is 0.350 e. The lowest BCUT2D eigenvalue weighted by molar-refractivity contribution is -0.121. The van der Waals surface area contributed by atoms with Crippen LogP contribution in [0, 0.1) is 6.92 Å². The third-order valence-corrected chi connectivity index (χ3v) is 2.82. The van der Waals surface area contributed by atoms with Gasteiger partial charge in [0.05, 0.1) is 6.54 Å². The van der Waals surface area contributed by atoms with Gasteiger partial charge in [-0.1, -0.05) is 0 Å². The molecule has 78 valence electrons. The van der Waals surface area contributed by atoms with Crippen LogP contribution in [0.15, 0.2) is 6.20 Å². The molecule has 1 rings (SSSR count). The third kappa shape index (κ3) is 4.07. The van der Waals surface area contributed by atoms with Crippen LogP contribution in [0.1, 0.15) is 22.7 Å². The smallest absolute Gasteiger partial charge is 0.220 e. The van der Waals surface area contributed by atoms with Crippen LogP contribution in [0.4, 0.5) is 0 Å². The number of nitrogens with one attached hydrogen (secondary N) is 1. The standard InChI is InChI=1S/C9H13ClN2OS/c1-7-5-12-9(14-7)6-11-8(13)3-2-4-10/h5H,2-4,6H2,1H3,(H,11,13). The van der Waals surface area contributed by atoms with E-state index in [-0.39, 0.29) is 5.91 Å². The summed E-state index contributed by atoms with van der Waals surface area (Å²) < 4.78 is 0. The molecule has 1 aromatic rings. The molecule has 0 bridgehead atoms. The number of alkyl halides is 1. The van der Waals surface area contributed by atoms with Crippen molar-refractivity contribution in [2.45, 2.75) is 26.3 Å². The van der Waals surface area contributed by atoms with Crippen molar-refractivity contribution in [1.82, 2.24) is 10.3 Å². The number of aryl methyl sites for hydroxylation is 1. The highest BCUT2D eigenvalue weighted by molar-refractivity contribution is 7.11. The van der Waals surface area contributed by atoms with Gasteiger partial charge in [-0.2, -0.15) is 0 Å². The fourth-order valence-electron chi connectivity index (χ4n) is 0.973. The van der Waals surface area contributed by atoms with Gasteiger partial charge >= 0.3 is 0 Å². The molecule has 0 saturated heterocycles. The van der Waals surface area contributed by atoms with Crippen molar-refractivity contribution in [2.24, 2.45) is 0 Å². The van der Waals surface area contributed by atoms with Crippen LogP contribution >= 0.6 is 22.9 Å². The average Bonchev–Trinajstić information content (AvgIpc) is 2.58. The lowest BCUT2D eigenvalue weighted by Gasteiger charge is -2.00. The first-order chi connectivity index (χ1) is 6.72. The minimum atomic E-state index is 0.0403. The van der Waals surface area contributed by atoms with Crippen molar-refractivity contribution in [2.75, 3.05) is 5.88 Å². The molecule has 1 aromatic heterocycles. The van der Waals surface area contributed by atoms with Crippen molar-refractivity contribution < 1.29 is 4.79 Å². The highest BCUT2D eigenvalue weighted by Crippen LogP contribution is 2.10. The van der Waals surface area contributed by atoms with Gasteiger partial charge in [0, 0.05) is 23.4 Å². The molecule has 0 aromatic carbocycles. The fourth-order valence-corrected chi connectivity index (χ4v) is 1.83. The quantitative estimate of drug-likeness (QED) is 0.790. The van der Waals surface area contributed by atoms with Gasteiger partial charge in [-0.3, -0.25) is 4.79 Å². The van der Waals surface area contributed by atoms with Crippen LogP contribution in [0.3, 0.4) is 0 Å². The summed E-state index contributed by atoms with van der Waals surface area (Å²) in [6, 6.07) is 0. The summed E-state index contributed by atoms with van der Waals surface area (Å²) in [7, 11) is 0. The van der Waals surface area contributed by atoms with E-state index in [1.54, 1.807) is 11.3 Å². The molecular weight excluding hydrogens is 220 g/mol. The summed E-state index contributed by atoms with van der Waals surface area (Å²) in [6.07, 6.45) is 3.03. The number of hydrogen-bond donors (Lipinski definition) is 1. The van der Waals surface area contributed by atoms with E-state index in [2.05, 4.69) is 10.3 Å². The van der Waals surface area contributed by atoms with E-state index in [1.807, 2.05) is 13.1 Å². The Balaban J connectivity index is 2.23. The molecule has 0 fully saturated rings. The van der Waals surface area contributed by atoms with E-state index in [9.17, 15) is 4.79 Å². The maximum absolute atomic E-state index is 11.2. The number of carbonyl (C=O) groups is 1. The van der Waals surface area contributed by atoms with Crippen LogP contribution in [-0.2, 0) is 11.3 Å². The number of aromatic nitrogens is 1. The molecule has 0 radical (unpaired) electrons. The molecule has 14 heavy (non-hydrogen) atoms. The van der Waals surface area contributed by atoms with Crippen LogP contribution < -0.4 is 5.32 Å². The van der Waals surface area contributed by atoms with Gasteiger partial charge in [-0.15, -0.1) is 22.9 Å².